The van der Waals surface area contributed by atoms with E-state index in [1.54, 1.807) is 18.2 Å². The van der Waals surface area contributed by atoms with Crippen molar-refractivity contribution in [1.82, 2.24) is 9.55 Å². The number of halogens is 1. The molecule has 0 saturated carbocycles. The van der Waals surface area contributed by atoms with Crippen LogP contribution < -0.4 is 16.4 Å². The Morgan fingerprint density at radius 3 is 2.79 bits per heavy atom. The van der Waals surface area contributed by atoms with Crippen LogP contribution in [0.2, 0.25) is 0 Å². The van der Waals surface area contributed by atoms with Gasteiger partial charge in [0.05, 0.1) is 28.3 Å². The van der Waals surface area contributed by atoms with E-state index in [-0.39, 0.29) is 17.7 Å². The molecule has 1 atom stereocenters. The van der Waals surface area contributed by atoms with Gasteiger partial charge in [-0.2, -0.15) is 0 Å². The molecule has 0 aliphatic carbocycles. The number of rotatable bonds is 4. The monoisotopic (exact) mass is 475 g/mol. The summed E-state index contributed by atoms with van der Waals surface area (Å²) in [5.41, 5.74) is -0.225. The van der Waals surface area contributed by atoms with Gasteiger partial charge in [0.2, 0.25) is 5.91 Å². The molecule has 29 heavy (non-hydrogen) atoms. The maximum Gasteiger partial charge on any atom is 0.337 e. The second-order valence-electron chi connectivity index (χ2n) is 6.50. The molecule has 0 saturated heterocycles. The Labute approximate surface area is 176 Å². The van der Waals surface area contributed by atoms with Gasteiger partial charge in [0, 0.05) is 21.5 Å². The van der Waals surface area contributed by atoms with E-state index in [2.05, 4.69) is 26.2 Å². The van der Waals surface area contributed by atoms with Crippen LogP contribution in [0.3, 0.4) is 0 Å². The molecule has 3 aromatic rings. The number of para-hydroxylation sites is 1. The first-order valence-corrected chi connectivity index (χ1v) is 10.4. The molecule has 148 valence electrons. The number of H-pyrrole nitrogens is 1. The number of hydrogen-bond donors (Lipinski definition) is 3. The van der Waals surface area contributed by atoms with Gasteiger partial charge in [-0.1, -0.05) is 28.1 Å². The molecule has 1 amide bonds. The van der Waals surface area contributed by atoms with E-state index in [0.29, 0.717) is 16.8 Å². The average molecular weight is 476 g/mol. The molecule has 10 heteroatoms. The van der Waals surface area contributed by atoms with Crippen LogP contribution in [0.1, 0.15) is 22.8 Å². The Balaban J connectivity index is 1.70. The standard InChI is InChI=1S/C19H14BrN3O5S/c20-9-5-13-16-14(6-9)29-8-10(23(16)18(26)17(25)22-13)7-15(24)21-12-4-2-1-3-11(12)19(27)28/h1-6,10H,7-8H2,(H,21,24)(H,22,25)(H,27,28). The Morgan fingerprint density at radius 2 is 2.03 bits per heavy atom. The third-order valence-electron chi connectivity index (χ3n) is 4.59. The van der Waals surface area contributed by atoms with Gasteiger partial charge in [0.25, 0.3) is 0 Å². The molecule has 1 unspecified atom stereocenters. The summed E-state index contributed by atoms with van der Waals surface area (Å²) in [5.74, 6) is -1.16. The van der Waals surface area contributed by atoms with Crippen molar-refractivity contribution in [2.75, 3.05) is 11.1 Å². The summed E-state index contributed by atoms with van der Waals surface area (Å²) in [7, 11) is 0. The summed E-state index contributed by atoms with van der Waals surface area (Å²) in [4.78, 5) is 52.0. The summed E-state index contributed by atoms with van der Waals surface area (Å²) < 4.78 is 2.14. The predicted octanol–water partition coefficient (Wildman–Crippen LogP) is 2.83. The second-order valence-corrected chi connectivity index (χ2v) is 8.47. The van der Waals surface area contributed by atoms with Crippen molar-refractivity contribution in [2.24, 2.45) is 0 Å². The SMILES string of the molecule is O=C(CC1CSc2cc(Br)cc3[nH]c(=O)c(=O)n1c23)Nc1ccccc1C(=O)O. The number of carboxylic acid groups (broad SMARTS) is 1. The smallest absolute Gasteiger partial charge is 0.337 e. The molecule has 1 aliphatic heterocycles. The first-order chi connectivity index (χ1) is 13.8. The Kier molecular flexibility index (Phi) is 5.05. The number of anilines is 1. The van der Waals surface area contributed by atoms with E-state index < -0.39 is 29.0 Å². The number of carbonyl (C=O) groups is 2. The number of thioether (sulfide) groups is 1. The zero-order valence-corrected chi connectivity index (χ0v) is 17.2. The number of benzene rings is 2. The number of nitrogens with one attached hydrogen (secondary N) is 2. The number of aromatic carboxylic acids is 1. The minimum absolute atomic E-state index is 0.0234. The molecule has 8 nitrogen and oxygen atoms in total. The van der Waals surface area contributed by atoms with Crippen molar-refractivity contribution < 1.29 is 14.7 Å². The quantitative estimate of drug-likeness (QED) is 0.498. The van der Waals surface area contributed by atoms with Crippen LogP contribution in [0, 0.1) is 0 Å². The van der Waals surface area contributed by atoms with E-state index in [1.165, 1.54) is 28.5 Å². The lowest BCUT2D eigenvalue weighted by Gasteiger charge is -2.27. The molecular formula is C19H14BrN3O5S. The number of carbonyl (C=O) groups excluding carboxylic acids is 1. The molecule has 1 aromatic heterocycles. The second kappa shape index (κ2) is 7.53. The molecule has 4 rings (SSSR count). The highest BCUT2D eigenvalue weighted by molar-refractivity contribution is 9.10. The van der Waals surface area contributed by atoms with Crippen LogP contribution in [0.5, 0.6) is 0 Å². The summed E-state index contributed by atoms with van der Waals surface area (Å²) >= 11 is 4.88. The summed E-state index contributed by atoms with van der Waals surface area (Å²) in [5, 5.41) is 11.9. The predicted molar refractivity (Wildman–Crippen MR) is 113 cm³/mol. The molecule has 2 heterocycles. The average Bonchev–Trinajstić information content (AvgIpc) is 2.66. The number of aromatic amines is 1. The first kappa shape index (κ1) is 19.5. The Bertz CT molecular complexity index is 1280. The van der Waals surface area contributed by atoms with Crippen LogP contribution in [0.4, 0.5) is 5.69 Å². The van der Waals surface area contributed by atoms with Crippen LogP contribution >= 0.6 is 27.7 Å². The van der Waals surface area contributed by atoms with Gasteiger partial charge in [0.1, 0.15) is 0 Å². The molecule has 1 aliphatic rings. The van der Waals surface area contributed by atoms with E-state index in [9.17, 15) is 24.3 Å². The van der Waals surface area contributed by atoms with Crippen molar-refractivity contribution in [1.29, 1.82) is 0 Å². The third-order valence-corrected chi connectivity index (χ3v) is 6.22. The highest BCUT2D eigenvalue weighted by atomic mass is 79.9. The normalized spacial score (nSPS) is 15.3. The van der Waals surface area contributed by atoms with Crippen LogP contribution in [0.15, 0.2) is 55.4 Å². The fourth-order valence-corrected chi connectivity index (χ4v) is 5.17. The zero-order valence-electron chi connectivity index (χ0n) is 14.8. The van der Waals surface area contributed by atoms with Crippen molar-refractivity contribution in [3.05, 3.63) is 67.1 Å². The fraction of sp³-hybridized carbons (Fsp3) is 0.158. The summed E-state index contributed by atoms with van der Waals surface area (Å²) in [6.07, 6.45) is -0.0745. The Hall–Kier alpha value is -2.85. The van der Waals surface area contributed by atoms with Crippen LogP contribution in [0.25, 0.3) is 11.0 Å². The number of nitrogens with zero attached hydrogens (tertiary/aromatic N) is 1. The van der Waals surface area contributed by atoms with Gasteiger partial charge < -0.3 is 15.4 Å². The lowest BCUT2D eigenvalue weighted by atomic mass is 10.1. The lowest BCUT2D eigenvalue weighted by molar-refractivity contribution is -0.116. The molecule has 3 N–H and O–H groups in total. The van der Waals surface area contributed by atoms with Gasteiger partial charge in [0.15, 0.2) is 0 Å². The lowest BCUT2D eigenvalue weighted by Crippen LogP contribution is -2.41. The maximum atomic E-state index is 12.6. The number of hydrogen-bond acceptors (Lipinski definition) is 5. The highest BCUT2D eigenvalue weighted by Gasteiger charge is 2.27. The van der Waals surface area contributed by atoms with Crippen molar-refractivity contribution in [3.8, 4) is 0 Å². The van der Waals surface area contributed by atoms with Gasteiger partial charge >= 0.3 is 17.1 Å². The maximum absolute atomic E-state index is 12.6. The summed E-state index contributed by atoms with van der Waals surface area (Å²) in [6, 6.07) is 9.12. The molecular weight excluding hydrogens is 462 g/mol. The first-order valence-electron chi connectivity index (χ1n) is 8.58. The van der Waals surface area contributed by atoms with Gasteiger partial charge in [-0.25, -0.2) is 4.79 Å². The molecule has 0 bridgehead atoms. The number of carboxylic acids is 1. The highest BCUT2D eigenvalue weighted by Crippen LogP contribution is 2.38. The van der Waals surface area contributed by atoms with E-state index in [1.807, 2.05) is 6.07 Å². The number of amides is 1. The molecule has 0 radical (unpaired) electrons. The molecule has 2 aromatic carbocycles. The largest absolute Gasteiger partial charge is 0.478 e. The van der Waals surface area contributed by atoms with Crippen molar-refractivity contribution >= 4 is 56.3 Å². The number of aromatic nitrogens is 2. The summed E-state index contributed by atoms with van der Waals surface area (Å²) in [6.45, 7) is 0. The van der Waals surface area contributed by atoms with Crippen molar-refractivity contribution in [3.63, 3.8) is 0 Å². The topological polar surface area (TPSA) is 121 Å². The minimum Gasteiger partial charge on any atom is -0.478 e. The third kappa shape index (κ3) is 3.60. The van der Waals surface area contributed by atoms with Crippen LogP contribution in [-0.4, -0.2) is 32.3 Å². The van der Waals surface area contributed by atoms with Gasteiger partial charge in [-0.15, -0.1) is 11.8 Å². The van der Waals surface area contributed by atoms with Crippen molar-refractivity contribution in [2.45, 2.75) is 17.4 Å². The van der Waals surface area contributed by atoms with Gasteiger partial charge in [-0.05, 0) is 24.3 Å². The van der Waals surface area contributed by atoms with Crippen LogP contribution in [-0.2, 0) is 4.79 Å². The zero-order chi connectivity index (χ0) is 20.7. The fourth-order valence-electron chi connectivity index (χ4n) is 3.37. The molecule has 0 spiro atoms. The van der Waals surface area contributed by atoms with Gasteiger partial charge in [-0.3, -0.25) is 19.0 Å². The minimum atomic E-state index is -1.15. The van der Waals surface area contributed by atoms with E-state index >= 15 is 0 Å². The van der Waals surface area contributed by atoms with E-state index in [4.69, 9.17) is 0 Å². The molecule has 0 fully saturated rings. The Morgan fingerprint density at radius 1 is 1.28 bits per heavy atom. The van der Waals surface area contributed by atoms with E-state index in [0.717, 1.165) is 9.37 Å².